The van der Waals surface area contributed by atoms with E-state index >= 15 is 0 Å². The number of carbonyl (C=O) groups excluding carboxylic acids is 2. The molecule has 0 saturated heterocycles. The molecule has 0 bridgehead atoms. The molecule has 162 valence electrons. The first-order valence-electron chi connectivity index (χ1n) is 10.4. The van der Waals surface area contributed by atoms with Gasteiger partial charge in [0.05, 0.1) is 17.7 Å². The van der Waals surface area contributed by atoms with E-state index in [2.05, 4.69) is 21.4 Å². The summed E-state index contributed by atoms with van der Waals surface area (Å²) >= 11 is 0. The fourth-order valence-corrected chi connectivity index (χ4v) is 3.94. The number of rotatable bonds is 3. The predicted molar refractivity (Wildman–Crippen MR) is 123 cm³/mol. The Balaban J connectivity index is 1.40. The minimum absolute atomic E-state index is 0.181. The highest BCUT2D eigenvalue weighted by Gasteiger charge is 2.25. The number of anilines is 2. The zero-order chi connectivity index (χ0) is 22.8. The van der Waals surface area contributed by atoms with Crippen molar-refractivity contribution in [3.63, 3.8) is 0 Å². The molecular weight excluding hydrogens is 419 g/mol. The van der Waals surface area contributed by atoms with Crippen LogP contribution in [0, 0.1) is 5.95 Å². The second-order valence-corrected chi connectivity index (χ2v) is 7.69. The van der Waals surface area contributed by atoms with Crippen LogP contribution in [-0.4, -0.2) is 21.8 Å². The van der Waals surface area contributed by atoms with Crippen molar-refractivity contribution in [1.82, 2.24) is 9.97 Å². The van der Waals surface area contributed by atoms with Crippen LogP contribution in [0.5, 0.6) is 0 Å². The molecule has 0 atom stereocenters. The molecule has 0 aliphatic carbocycles. The number of aromatic nitrogens is 2. The average Bonchev–Trinajstić information content (AvgIpc) is 3.01. The van der Waals surface area contributed by atoms with E-state index in [0.29, 0.717) is 12.1 Å². The fraction of sp³-hybridized carbons (Fsp3) is 0.0769. The van der Waals surface area contributed by atoms with Crippen LogP contribution < -0.4 is 10.2 Å². The van der Waals surface area contributed by atoms with Crippen LogP contribution in [-0.2, 0) is 13.0 Å². The Morgan fingerprint density at radius 2 is 1.61 bits per heavy atom. The summed E-state index contributed by atoms with van der Waals surface area (Å²) in [7, 11) is 0. The first kappa shape index (κ1) is 20.5. The molecule has 0 saturated carbocycles. The van der Waals surface area contributed by atoms with Crippen molar-refractivity contribution >= 4 is 23.3 Å². The number of benzene rings is 2. The summed E-state index contributed by atoms with van der Waals surface area (Å²) in [6.07, 6.45) is 3.44. The smallest absolute Gasteiger partial charge is 0.261 e. The average molecular weight is 438 g/mol. The van der Waals surface area contributed by atoms with Crippen LogP contribution in [0.15, 0.2) is 85.2 Å². The van der Waals surface area contributed by atoms with E-state index in [-0.39, 0.29) is 17.3 Å². The number of nitrogens with one attached hydrogen (secondary N) is 1. The highest BCUT2D eigenvalue weighted by molar-refractivity contribution is 6.07. The topological polar surface area (TPSA) is 75.2 Å². The zero-order valence-corrected chi connectivity index (χ0v) is 17.5. The van der Waals surface area contributed by atoms with E-state index in [0.717, 1.165) is 23.2 Å². The third-order valence-electron chi connectivity index (χ3n) is 5.61. The number of halogens is 1. The van der Waals surface area contributed by atoms with Crippen LogP contribution in [0.4, 0.5) is 15.9 Å². The van der Waals surface area contributed by atoms with Gasteiger partial charge in [-0.1, -0.05) is 42.5 Å². The van der Waals surface area contributed by atoms with Gasteiger partial charge < -0.3 is 10.2 Å². The summed E-state index contributed by atoms with van der Waals surface area (Å²) in [5.41, 5.74) is 4.43. The van der Waals surface area contributed by atoms with E-state index < -0.39 is 11.9 Å². The second kappa shape index (κ2) is 8.63. The molecule has 1 aliphatic heterocycles. The van der Waals surface area contributed by atoms with Crippen molar-refractivity contribution < 1.29 is 14.0 Å². The summed E-state index contributed by atoms with van der Waals surface area (Å²) in [4.78, 5) is 35.2. The molecule has 5 rings (SSSR count). The Morgan fingerprint density at radius 1 is 0.848 bits per heavy atom. The van der Waals surface area contributed by atoms with E-state index in [1.807, 2.05) is 42.5 Å². The highest BCUT2D eigenvalue weighted by Crippen LogP contribution is 2.31. The van der Waals surface area contributed by atoms with E-state index in [1.54, 1.807) is 11.0 Å². The molecule has 0 unspecified atom stereocenters. The molecule has 1 aliphatic rings. The van der Waals surface area contributed by atoms with Crippen LogP contribution in [0.25, 0.3) is 0 Å². The molecule has 7 heteroatoms. The molecule has 4 aromatic rings. The van der Waals surface area contributed by atoms with Gasteiger partial charge in [0.1, 0.15) is 5.82 Å². The van der Waals surface area contributed by atoms with Crippen molar-refractivity contribution in [2.45, 2.75) is 13.0 Å². The summed E-state index contributed by atoms with van der Waals surface area (Å²) < 4.78 is 13.7. The lowest BCUT2D eigenvalue weighted by molar-refractivity contribution is 0.0983. The molecule has 33 heavy (non-hydrogen) atoms. The maximum Gasteiger partial charge on any atom is 0.261 e. The Hall–Kier alpha value is -4.39. The van der Waals surface area contributed by atoms with E-state index in [1.165, 1.54) is 36.2 Å². The van der Waals surface area contributed by atoms with Crippen molar-refractivity contribution in [3.05, 3.63) is 119 Å². The lowest BCUT2D eigenvalue weighted by atomic mass is 10.0. The van der Waals surface area contributed by atoms with Gasteiger partial charge in [0, 0.05) is 18.1 Å². The number of amides is 2. The first-order valence-corrected chi connectivity index (χ1v) is 10.4. The third-order valence-corrected chi connectivity index (χ3v) is 5.61. The number of hydrogen-bond donors (Lipinski definition) is 1. The number of hydrogen-bond acceptors (Lipinski definition) is 4. The van der Waals surface area contributed by atoms with Crippen molar-refractivity contribution in [3.8, 4) is 0 Å². The van der Waals surface area contributed by atoms with Gasteiger partial charge in [-0.05, 0) is 53.4 Å². The number of nitrogens with zero attached hydrogens (tertiary/aromatic N) is 3. The number of carbonyl (C=O) groups is 2. The Labute approximate surface area is 189 Å². The standard InChI is InChI=1S/C26H19FN4O2/c27-24-21(9-5-13-28-24)25(32)30-23-12-11-19(15-29-23)26(33)31-16-20-8-2-1-6-17(20)14-18-7-3-4-10-22(18)31/h1-13,15H,14,16H2,(H,29,30,32). The molecule has 2 amide bonds. The van der Waals surface area contributed by atoms with Crippen molar-refractivity contribution in [2.24, 2.45) is 0 Å². The summed E-state index contributed by atoms with van der Waals surface area (Å²) in [5.74, 6) is -1.50. The van der Waals surface area contributed by atoms with Gasteiger partial charge >= 0.3 is 0 Å². The quantitative estimate of drug-likeness (QED) is 0.474. The Kier molecular flexibility index (Phi) is 5.36. The maximum atomic E-state index is 13.7. The van der Waals surface area contributed by atoms with Crippen molar-refractivity contribution in [1.29, 1.82) is 0 Å². The normalized spacial score (nSPS) is 12.3. The number of para-hydroxylation sites is 1. The van der Waals surface area contributed by atoms with Gasteiger partial charge in [-0.2, -0.15) is 4.39 Å². The molecule has 3 heterocycles. The minimum Gasteiger partial charge on any atom is -0.306 e. The van der Waals surface area contributed by atoms with Crippen LogP contribution in [0.3, 0.4) is 0 Å². The predicted octanol–water partition coefficient (Wildman–Crippen LogP) is 4.62. The Morgan fingerprint density at radius 3 is 2.36 bits per heavy atom. The zero-order valence-electron chi connectivity index (χ0n) is 17.5. The lowest BCUT2D eigenvalue weighted by Gasteiger charge is -2.23. The fourth-order valence-electron chi connectivity index (χ4n) is 3.94. The van der Waals surface area contributed by atoms with Crippen molar-refractivity contribution in [2.75, 3.05) is 10.2 Å². The molecule has 6 nitrogen and oxygen atoms in total. The van der Waals surface area contributed by atoms with Gasteiger partial charge in [-0.15, -0.1) is 0 Å². The monoisotopic (exact) mass is 438 g/mol. The molecular formula is C26H19FN4O2. The largest absolute Gasteiger partial charge is 0.306 e. The summed E-state index contributed by atoms with van der Waals surface area (Å²) in [6, 6.07) is 21.9. The lowest BCUT2D eigenvalue weighted by Crippen LogP contribution is -2.30. The molecule has 0 radical (unpaired) electrons. The van der Waals surface area contributed by atoms with Gasteiger partial charge in [-0.3, -0.25) is 9.59 Å². The minimum atomic E-state index is -0.859. The third kappa shape index (κ3) is 4.08. The molecule has 2 aromatic carbocycles. The molecule has 0 spiro atoms. The number of pyridine rings is 2. The summed E-state index contributed by atoms with van der Waals surface area (Å²) in [5, 5.41) is 2.53. The van der Waals surface area contributed by atoms with Gasteiger partial charge in [0.2, 0.25) is 5.95 Å². The summed E-state index contributed by atoms with van der Waals surface area (Å²) in [6.45, 7) is 0.449. The molecule has 1 N–H and O–H groups in total. The highest BCUT2D eigenvalue weighted by atomic mass is 19.1. The van der Waals surface area contributed by atoms with Gasteiger partial charge in [0.25, 0.3) is 11.8 Å². The van der Waals surface area contributed by atoms with Crippen LogP contribution >= 0.6 is 0 Å². The maximum absolute atomic E-state index is 13.7. The number of fused-ring (bicyclic) bond motifs is 2. The SMILES string of the molecule is O=C(Nc1ccc(C(=O)N2Cc3ccccc3Cc3ccccc32)cn1)c1cccnc1F. The molecule has 0 fully saturated rings. The van der Waals surface area contributed by atoms with E-state index in [9.17, 15) is 14.0 Å². The second-order valence-electron chi connectivity index (χ2n) is 7.69. The molecule has 2 aromatic heterocycles. The van der Waals surface area contributed by atoms with Crippen LogP contribution in [0.1, 0.15) is 37.4 Å². The van der Waals surface area contributed by atoms with Gasteiger partial charge in [-0.25, -0.2) is 9.97 Å². The first-order chi connectivity index (χ1) is 16.1. The Bertz CT molecular complexity index is 1350. The van der Waals surface area contributed by atoms with Crippen LogP contribution in [0.2, 0.25) is 0 Å². The van der Waals surface area contributed by atoms with E-state index in [4.69, 9.17) is 0 Å². The van der Waals surface area contributed by atoms with Gasteiger partial charge in [0.15, 0.2) is 0 Å².